The van der Waals surface area contributed by atoms with E-state index in [1.807, 2.05) is 13.8 Å². The minimum Gasteiger partial charge on any atom is -0.507 e. The Morgan fingerprint density at radius 3 is 2.53 bits per heavy atom. The van der Waals surface area contributed by atoms with Gasteiger partial charge >= 0.3 is 0 Å². The molecule has 0 spiro atoms. The van der Waals surface area contributed by atoms with Crippen LogP contribution in [-0.2, 0) is 9.59 Å². The lowest BCUT2D eigenvalue weighted by molar-refractivity contribution is -0.140. The molecule has 2 N–H and O–H groups in total. The number of halogens is 2. The zero-order valence-corrected chi connectivity index (χ0v) is 19.6. The van der Waals surface area contributed by atoms with E-state index in [1.165, 1.54) is 35.2 Å². The highest BCUT2D eigenvalue weighted by molar-refractivity contribution is 9.10. The molecule has 32 heavy (non-hydrogen) atoms. The molecule has 3 rings (SSSR count). The van der Waals surface area contributed by atoms with Crippen molar-refractivity contribution < 1.29 is 24.2 Å². The number of nitrogens with zero attached hydrogens (tertiary/aromatic N) is 2. The second-order valence-electron chi connectivity index (χ2n) is 7.59. The lowest BCUT2D eigenvalue weighted by Gasteiger charge is -2.27. The largest absolute Gasteiger partial charge is 0.507 e. The number of phenols is 1. The molecule has 8 heteroatoms. The number of ketones is 1. The van der Waals surface area contributed by atoms with Crippen LogP contribution in [0.4, 0.5) is 4.39 Å². The molecule has 0 bridgehead atoms. The second-order valence-corrected chi connectivity index (χ2v) is 8.51. The van der Waals surface area contributed by atoms with Crippen LogP contribution in [0.3, 0.4) is 0 Å². The van der Waals surface area contributed by atoms with E-state index in [0.717, 1.165) is 19.6 Å². The summed E-state index contributed by atoms with van der Waals surface area (Å²) >= 11 is 3.28. The highest BCUT2D eigenvalue weighted by atomic mass is 79.9. The summed E-state index contributed by atoms with van der Waals surface area (Å²) in [5, 5.41) is 21.3. The SMILES string of the molecule is CCN(CC)CCCN1C(=O)C(=O)C(=C(O)c2cc(Br)ccc2O)[C@@H]1c1cccc(F)c1. The van der Waals surface area contributed by atoms with Gasteiger partial charge < -0.3 is 20.0 Å². The summed E-state index contributed by atoms with van der Waals surface area (Å²) in [5.74, 6) is -2.87. The van der Waals surface area contributed by atoms with E-state index < -0.39 is 29.3 Å². The molecule has 2 aromatic carbocycles. The van der Waals surface area contributed by atoms with Crippen LogP contribution in [0.1, 0.15) is 37.4 Å². The van der Waals surface area contributed by atoms with Crippen molar-refractivity contribution in [3.05, 3.63) is 69.5 Å². The van der Waals surface area contributed by atoms with E-state index in [4.69, 9.17) is 0 Å². The molecule has 1 atom stereocenters. The lowest BCUT2D eigenvalue weighted by atomic mass is 9.95. The number of benzene rings is 2. The number of hydrogen-bond donors (Lipinski definition) is 2. The van der Waals surface area contributed by atoms with E-state index in [2.05, 4.69) is 20.8 Å². The Morgan fingerprint density at radius 2 is 1.88 bits per heavy atom. The molecule has 1 amide bonds. The molecular formula is C24H26BrFN2O4. The predicted molar refractivity (Wildman–Crippen MR) is 124 cm³/mol. The first kappa shape index (κ1) is 23.9. The van der Waals surface area contributed by atoms with Crippen molar-refractivity contribution in [3.63, 3.8) is 0 Å². The van der Waals surface area contributed by atoms with Gasteiger partial charge in [-0.2, -0.15) is 0 Å². The number of amides is 1. The Bertz CT molecular complexity index is 1050. The summed E-state index contributed by atoms with van der Waals surface area (Å²) in [6.45, 7) is 6.83. The second kappa shape index (κ2) is 10.3. The molecule has 0 radical (unpaired) electrons. The van der Waals surface area contributed by atoms with E-state index in [-0.39, 0.29) is 23.4 Å². The van der Waals surface area contributed by atoms with Gasteiger partial charge in [0.15, 0.2) is 0 Å². The van der Waals surface area contributed by atoms with Crippen molar-refractivity contribution in [1.82, 2.24) is 9.80 Å². The van der Waals surface area contributed by atoms with Gasteiger partial charge in [0.05, 0.1) is 17.2 Å². The van der Waals surface area contributed by atoms with Crippen LogP contribution in [0.15, 0.2) is 52.5 Å². The van der Waals surface area contributed by atoms with E-state index in [1.54, 1.807) is 12.1 Å². The van der Waals surface area contributed by atoms with Gasteiger partial charge in [0, 0.05) is 11.0 Å². The number of rotatable bonds is 8. The van der Waals surface area contributed by atoms with Gasteiger partial charge in [0.2, 0.25) is 0 Å². The summed E-state index contributed by atoms with van der Waals surface area (Å²) < 4.78 is 14.6. The quantitative estimate of drug-likeness (QED) is 0.315. The summed E-state index contributed by atoms with van der Waals surface area (Å²) in [6, 6.07) is 9.10. The monoisotopic (exact) mass is 504 g/mol. The van der Waals surface area contributed by atoms with Crippen LogP contribution < -0.4 is 0 Å². The third-order valence-electron chi connectivity index (χ3n) is 5.69. The van der Waals surface area contributed by atoms with Crippen molar-refractivity contribution in [2.45, 2.75) is 26.3 Å². The number of likely N-dealkylation sites (tertiary alicyclic amines) is 1. The topological polar surface area (TPSA) is 81.1 Å². The van der Waals surface area contributed by atoms with Crippen LogP contribution in [-0.4, -0.2) is 57.9 Å². The highest BCUT2D eigenvalue weighted by Gasteiger charge is 2.46. The Labute approximate surface area is 195 Å². The third kappa shape index (κ3) is 4.86. The number of hydrogen-bond acceptors (Lipinski definition) is 5. The van der Waals surface area contributed by atoms with Gasteiger partial charge in [-0.1, -0.05) is 41.9 Å². The van der Waals surface area contributed by atoms with Crippen LogP contribution in [0, 0.1) is 5.82 Å². The van der Waals surface area contributed by atoms with Crippen molar-refractivity contribution in [1.29, 1.82) is 0 Å². The number of Topliss-reactive ketones (excluding diaryl/α,β-unsaturated/α-hetero) is 1. The number of aromatic hydroxyl groups is 1. The van der Waals surface area contributed by atoms with Crippen molar-refractivity contribution in [2.75, 3.05) is 26.2 Å². The molecule has 1 fully saturated rings. The molecule has 6 nitrogen and oxygen atoms in total. The summed E-state index contributed by atoms with van der Waals surface area (Å²) in [6.07, 6.45) is 0.614. The minimum absolute atomic E-state index is 0.0157. The van der Waals surface area contributed by atoms with Crippen LogP contribution in [0.2, 0.25) is 0 Å². The van der Waals surface area contributed by atoms with E-state index in [0.29, 0.717) is 16.5 Å². The number of carbonyl (C=O) groups excluding carboxylic acids is 2. The maximum Gasteiger partial charge on any atom is 0.295 e. The smallest absolute Gasteiger partial charge is 0.295 e. The molecule has 1 saturated heterocycles. The average molecular weight is 505 g/mol. The fraction of sp³-hybridized carbons (Fsp3) is 0.333. The van der Waals surface area contributed by atoms with Crippen molar-refractivity contribution in [3.8, 4) is 5.75 Å². The number of carbonyl (C=O) groups is 2. The normalized spacial score (nSPS) is 18.0. The Hall–Kier alpha value is -2.71. The van der Waals surface area contributed by atoms with Gasteiger partial charge in [-0.25, -0.2) is 4.39 Å². The average Bonchev–Trinajstić information content (AvgIpc) is 3.03. The molecule has 0 saturated carbocycles. The zero-order chi connectivity index (χ0) is 23.4. The van der Waals surface area contributed by atoms with Gasteiger partial charge in [-0.15, -0.1) is 0 Å². The van der Waals surface area contributed by atoms with Gasteiger partial charge in [-0.3, -0.25) is 9.59 Å². The predicted octanol–water partition coefficient (Wildman–Crippen LogP) is 4.45. The number of aliphatic hydroxyl groups excluding tert-OH is 1. The van der Waals surface area contributed by atoms with Crippen LogP contribution in [0.25, 0.3) is 5.76 Å². The van der Waals surface area contributed by atoms with E-state index >= 15 is 0 Å². The summed E-state index contributed by atoms with van der Waals surface area (Å²) in [7, 11) is 0. The minimum atomic E-state index is -0.958. The van der Waals surface area contributed by atoms with E-state index in [9.17, 15) is 24.2 Å². The summed E-state index contributed by atoms with van der Waals surface area (Å²) in [5.41, 5.74) is 0.224. The molecule has 1 heterocycles. The maximum absolute atomic E-state index is 14.0. The fourth-order valence-corrected chi connectivity index (χ4v) is 4.34. The highest BCUT2D eigenvalue weighted by Crippen LogP contribution is 2.41. The molecule has 1 aliphatic rings. The third-order valence-corrected chi connectivity index (χ3v) is 6.18. The molecular weight excluding hydrogens is 479 g/mol. The Kier molecular flexibility index (Phi) is 7.69. The molecule has 0 aliphatic carbocycles. The molecule has 1 aliphatic heterocycles. The van der Waals surface area contributed by atoms with Gasteiger partial charge in [-0.05, 0) is 62.0 Å². The molecule has 0 aromatic heterocycles. The fourth-order valence-electron chi connectivity index (χ4n) is 3.98. The van der Waals surface area contributed by atoms with Gasteiger partial charge in [0.1, 0.15) is 17.3 Å². The Morgan fingerprint density at radius 1 is 1.16 bits per heavy atom. The van der Waals surface area contributed by atoms with Crippen LogP contribution in [0.5, 0.6) is 5.75 Å². The first-order valence-electron chi connectivity index (χ1n) is 10.5. The van der Waals surface area contributed by atoms with Crippen molar-refractivity contribution in [2.24, 2.45) is 0 Å². The number of aliphatic hydroxyl groups is 1. The van der Waals surface area contributed by atoms with Gasteiger partial charge in [0.25, 0.3) is 11.7 Å². The summed E-state index contributed by atoms with van der Waals surface area (Å²) in [4.78, 5) is 29.5. The van der Waals surface area contributed by atoms with Crippen LogP contribution >= 0.6 is 15.9 Å². The lowest BCUT2D eigenvalue weighted by Crippen LogP contribution is -2.33. The van der Waals surface area contributed by atoms with Crippen molar-refractivity contribution >= 4 is 33.4 Å². The number of phenolic OH excluding ortho intramolecular Hbond substituents is 1. The molecule has 170 valence electrons. The molecule has 2 aromatic rings. The first-order chi connectivity index (χ1) is 15.3. The Balaban J connectivity index is 2.08. The first-order valence-corrected chi connectivity index (χ1v) is 11.3. The zero-order valence-electron chi connectivity index (χ0n) is 18.0. The molecule has 0 unspecified atom stereocenters. The maximum atomic E-state index is 14.0. The standard InChI is InChI=1S/C24H26BrFN2O4/c1-3-27(4-2)11-6-12-28-21(15-7-5-8-17(26)13-15)20(23(31)24(28)32)22(30)18-14-16(25)9-10-19(18)29/h5,7-10,13-14,21,29-30H,3-4,6,11-12H2,1-2H3/t21-/m0/s1.